The first-order valence-corrected chi connectivity index (χ1v) is 11.1. The highest BCUT2D eigenvalue weighted by Crippen LogP contribution is 2.22. The van der Waals surface area contributed by atoms with Gasteiger partial charge < -0.3 is 9.80 Å². The second kappa shape index (κ2) is 9.20. The van der Waals surface area contributed by atoms with Gasteiger partial charge >= 0.3 is 0 Å². The van der Waals surface area contributed by atoms with E-state index in [4.69, 9.17) is 0 Å². The fourth-order valence-corrected chi connectivity index (χ4v) is 4.18. The number of carbonyl (C=O) groups is 1. The SMILES string of the molecule is CN(C)CCN(Cc1ccc(F)cc1F)C(=O)c1ccc(S(=O)(=O)NC2CC2)cc1. The highest BCUT2D eigenvalue weighted by molar-refractivity contribution is 7.89. The molecule has 0 saturated heterocycles. The smallest absolute Gasteiger partial charge is 0.254 e. The fourth-order valence-electron chi connectivity index (χ4n) is 2.88. The molecule has 0 unspecified atom stereocenters. The van der Waals surface area contributed by atoms with Gasteiger partial charge in [0, 0.05) is 42.9 Å². The van der Waals surface area contributed by atoms with Crippen LogP contribution in [-0.4, -0.2) is 57.4 Å². The maximum absolute atomic E-state index is 14.1. The number of rotatable bonds is 9. The van der Waals surface area contributed by atoms with E-state index in [0.29, 0.717) is 18.7 Å². The Labute approximate surface area is 175 Å². The maximum atomic E-state index is 14.1. The van der Waals surface area contributed by atoms with Gasteiger partial charge in [-0.3, -0.25) is 4.79 Å². The predicted molar refractivity (Wildman–Crippen MR) is 109 cm³/mol. The van der Waals surface area contributed by atoms with Crippen molar-refractivity contribution in [3.8, 4) is 0 Å². The van der Waals surface area contributed by atoms with Crippen molar-refractivity contribution in [3.05, 3.63) is 65.2 Å². The molecule has 0 aromatic heterocycles. The number of nitrogens with one attached hydrogen (secondary N) is 1. The minimum absolute atomic E-state index is 0.0107. The van der Waals surface area contributed by atoms with E-state index in [1.54, 1.807) is 0 Å². The lowest BCUT2D eigenvalue weighted by Crippen LogP contribution is -2.36. The van der Waals surface area contributed by atoms with E-state index in [0.717, 1.165) is 25.0 Å². The molecule has 1 aliphatic rings. The predicted octanol–water partition coefficient (Wildman–Crippen LogP) is 2.61. The summed E-state index contributed by atoms with van der Waals surface area (Å²) in [5, 5.41) is 0. The van der Waals surface area contributed by atoms with Gasteiger partial charge in [-0.15, -0.1) is 0 Å². The molecular formula is C21H25F2N3O3S. The van der Waals surface area contributed by atoms with Crippen molar-refractivity contribution < 1.29 is 22.0 Å². The van der Waals surface area contributed by atoms with Crippen LogP contribution >= 0.6 is 0 Å². The Morgan fingerprint density at radius 3 is 2.30 bits per heavy atom. The summed E-state index contributed by atoms with van der Waals surface area (Å²) in [6.07, 6.45) is 1.66. The Hall–Kier alpha value is -2.36. The Morgan fingerprint density at radius 1 is 1.07 bits per heavy atom. The molecule has 0 aliphatic heterocycles. The van der Waals surface area contributed by atoms with Gasteiger partial charge in [0.15, 0.2) is 0 Å². The molecule has 1 N–H and O–H groups in total. The first kappa shape index (κ1) is 22.3. The quantitative estimate of drug-likeness (QED) is 0.655. The Morgan fingerprint density at radius 2 is 1.73 bits per heavy atom. The molecule has 2 aromatic rings. The van der Waals surface area contributed by atoms with Crippen molar-refractivity contribution in [2.24, 2.45) is 0 Å². The zero-order valence-electron chi connectivity index (χ0n) is 16.9. The Balaban J connectivity index is 1.79. The third-order valence-corrected chi connectivity index (χ3v) is 6.33. The van der Waals surface area contributed by atoms with Crippen molar-refractivity contribution in [3.63, 3.8) is 0 Å². The molecule has 2 aromatic carbocycles. The third kappa shape index (κ3) is 5.84. The minimum atomic E-state index is -3.61. The molecule has 162 valence electrons. The van der Waals surface area contributed by atoms with Crippen LogP contribution in [0.3, 0.4) is 0 Å². The highest BCUT2D eigenvalue weighted by Gasteiger charge is 2.28. The largest absolute Gasteiger partial charge is 0.333 e. The number of hydrogen-bond acceptors (Lipinski definition) is 4. The first-order valence-electron chi connectivity index (χ1n) is 9.66. The molecule has 0 atom stereocenters. The summed E-state index contributed by atoms with van der Waals surface area (Å²) in [6, 6.07) is 8.93. The summed E-state index contributed by atoms with van der Waals surface area (Å²) in [5.41, 5.74) is 0.498. The Bertz CT molecular complexity index is 1010. The van der Waals surface area contributed by atoms with E-state index < -0.39 is 21.7 Å². The van der Waals surface area contributed by atoms with Gasteiger partial charge in [-0.05, 0) is 57.3 Å². The van der Waals surface area contributed by atoms with Crippen LogP contribution < -0.4 is 4.72 Å². The molecule has 0 spiro atoms. The molecule has 0 heterocycles. The number of sulfonamides is 1. The standard InChI is InChI=1S/C21H25F2N3O3S/c1-25(2)11-12-26(14-16-3-6-17(22)13-20(16)23)21(27)15-4-9-19(10-5-15)30(28,29)24-18-7-8-18/h3-6,9-10,13,18,24H,7-8,11-12,14H2,1-2H3. The van der Waals surface area contributed by atoms with E-state index in [1.807, 2.05) is 19.0 Å². The molecule has 6 nitrogen and oxygen atoms in total. The number of amides is 1. The lowest BCUT2D eigenvalue weighted by atomic mass is 10.1. The summed E-state index contributed by atoms with van der Waals surface area (Å²) >= 11 is 0. The summed E-state index contributed by atoms with van der Waals surface area (Å²) in [7, 11) is 0.104. The lowest BCUT2D eigenvalue weighted by Gasteiger charge is -2.25. The van der Waals surface area contributed by atoms with Gasteiger partial charge in [0.25, 0.3) is 5.91 Å². The monoisotopic (exact) mass is 437 g/mol. The zero-order valence-corrected chi connectivity index (χ0v) is 17.8. The lowest BCUT2D eigenvalue weighted by molar-refractivity contribution is 0.0730. The summed E-state index contributed by atoms with van der Waals surface area (Å²) in [4.78, 5) is 16.5. The third-order valence-electron chi connectivity index (χ3n) is 4.79. The van der Waals surface area contributed by atoms with Crippen molar-refractivity contribution in [2.75, 3.05) is 27.2 Å². The molecule has 3 rings (SSSR count). The van der Waals surface area contributed by atoms with Gasteiger partial charge in [0.2, 0.25) is 10.0 Å². The second-order valence-electron chi connectivity index (χ2n) is 7.69. The molecule has 1 saturated carbocycles. The number of carbonyl (C=O) groups excluding carboxylic acids is 1. The van der Waals surface area contributed by atoms with Crippen LogP contribution in [0.4, 0.5) is 8.78 Å². The van der Waals surface area contributed by atoms with Crippen LogP contribution in [0.25, 0.3) is 0 Å². The van der Waals surface area contributed by atoms with Gasteiger partial charge in [-0.1, -0.05) is 6.07 Å². The van der Waals surface area contributed by atoms with Gasteiger partial charge in [0.1, 0.15) is 11.6 Å². The molecule has 1 amide bonds. The molecule has 1 fully saturated rings. The number of likely N-dealkylation sites (N-methyl/N-ethyl adjacent to an activating group) is 1. The van der Waals surface area contributed by atoms with Crippen LogP contribution in [0.1, 0.15) is 28.8 Å². The number of hydrogen-bond donors (Lipinski definition) is 1. The molecular weight excluding hydrogens is 412 g/mol. The molecule has 0 bridgehead atoms. The van der Waals surface area contributed by atoms with E-state index in [1.165, 1.54) is 35.2 Å². The van der Waals surface area contributed by atoms with Gasteiger partial charge in [0.05, 0.1) is 4.90 Å². The number of halogens is 2. The van der Waals surface area contributed by atoms with Crippen LogP contribution in [-0.2, 0) is 16.6 Å². The van der Waals surface area contributed by atoms with Crippen LogP contribution in [0.15, 0.2) is 47.4 Å². The van der Waals surface area contributed by atoms with E-state index in [2.05, 4.69) is 4.72 Å². The van der Waals surface area contributed by atoms with Crippen molar-refractivity contribution in [2.45, 2.75) is 30.3 Å². The van der Waals surface area contributed by atoms with Crippen molar-refractivity contribution >= 4 is 15.9 Å². The number of nitrogens with zero attached hydrogens (tertiary/aromatic N) is 2. The summed E-state index contributed by atoms with van der Waals surface area (Å²) < 4.78 is 54.5. The molecule has 30 heavy (non-hydrogen) atoms. The summed E-state index contributed by atoms with van der Waals surface area (Å²) in [6.45, 7) is 0.848. The summed E-state index contributed by atoms with van der Waals surface area (Å²) in [5.74, 6) is -1.76. The van der Waals surface area contributed by atoms with Gasteiger partial charge in [-0.2, -0.15) is 0 Å². The van der Waals surface area contributed by atoms with E-state index in [9.17, 15) is 22.0 Å². The zero-order chi connectivity index (χ0) is 21.9. The number of benzene rings is 2. The van der Waals surface area contributed by atoms with E-state index in [-0.39, 0.29) is 29.0 Å². The van der Waals surface area contributed by atoms with Crippen LogP contribution in [0.2, 0.25) is 0 Å². The maximum Gasteiger partial charge on any atom is 0.254 e. The fraction of sp³-hybridized carbons (Fsp3) is 0.381. The first-order chi connectivity index (χ1) is 14.2. The molecule has 0 radical (unpaired) electrons. The van der Waals surface area contributed by atoms with Crippen molar-refractivity contribution in [1.82, 2.24) is 14.5 Å². The highest BCUT2D eigenvalue weighted by atomic mass is 32.2. The average molecular weight is 438 g/mol. The van der Waals surface area contributed by atoms with Crippen LogP contribution in [0.5, 0.6) is 0 Å². The molecule has 1 aliphatic carbocycles. The average Bonchev–Trinajstić information content (AvgIpc) is 3.49. The second-order valence-corrected chi connectivity index (χ2v) is 9.40. The van der Waals surface area contributed by atoms with Crippen molar-refractivity contribution in [1.29, 1.82) is 0 Å². The normalized spacial score (nSPS) is 14.2. The van der Waals surface area contributed by atoms with Gasteiger partial charge in [-0.25, -0.2) is 21.9 Å². The van der Waals surface area contributed by atoms with Crippen LogP contribution in [0, 0.1) is 11.6 Å². The minimum Gasteiger partial charge on any atom is -0.333 e. The topological polar surface area (TPSA) is 69.7 Å². The molecule has 9 heteroatoms. The van der Waals surface area contributed by atoms with E-state index >= 15 is 0 Å². The Kier molecular flexibility index (Phi) is 6.84.